The van der Waals surface area contributed by atoms with Gasteiger partial charge in [-0.2, -0.15) is 0 Å². The van der Waals surface area contributed by atoms with E-state index in [9.17, 15) is 57.5 Å². The molecule has 0 aliphatic carbocycles. The van der Waals surface area contributed by atoms with Gasteiger partial charge in [-0.1, -0.05) is 54.9 Å². The molecule has 50 heteroatoms. The van der Waals surface area contributed by atoms with Crippen molar-refractivity contribution in [3.05, 3.63) is 0 Å². The molecule has 148 heavy (non-hydrogen) atoms. The molecule has 0 heterocycles. The quantitative estimate of drug-likeness (QED) is 0.0400. The first-order valence-electron chi connectivity index (χ1n) is 51.0. The summed E-state index contributed by atoms with van der Waals surface area (Å²) in [5, 5.41) is 18.2. The van der Waals surface area contributed by atoms with Gasteiger partial charge in [-0.15, -0.1) is 0 Å². The minimum atomic E-state index is -0.257. The number of ether oxygens (including phenoxy) is 25. The van der Waals surface area contributed by atoms with E-state index in [1.54, 1.807) is 14.1 Å². The molecule has 0 unspecified atom stereocenters. The monoisotopic (exact) mass is 3160 g/mol. The van der Waals surface area contributed by atoms with Gasteiger partial charge in [-0.25, -0.2) is 0 Å². The smallest absolute Gasteiger partial charge is 0.246 e. The molecule has 0 bridgehead atoms. The van der Waals surface area contributed by atoms with E-state index < -0.39 is 0 Å². The Balaban J connectivity index is -0.000000157. The molecule has 0 aromatic heterocycles. The van der Waals surface area contributed by atoms with Gasteiger partial charge in [-0.3, -0.25) is 57.5 Å². The number of rotatable bonds is 105. The molecule has 0 radical (unpaired) electrons. The number of likely N-dealkylation sites (N-methyl/N-ethyl adjacent to an activating group) is 5. The van der Waals surface area contributed by atoms with E-state index >= 15 is 0 Å². The minimum Gasteiger partial charge on any atom is -0.379 e. The number of nitrogens with one attached hydrogen (secondary N) is 7. The number of carbonyl (C=O) groups is 12. The van der Waals surface area contributed by atoms with Crippen LogP contribution in [0.15, 0.2) is 0 Å². The molecule has 0 saturated heterocycles. The van der Waals surface area contributed by atoms with Gasteiger partial charge in [0.25, 0.3) is 0 Å². The van der Waals surface area contributed by atoms with Crippen LogP contribution in [0.3, 0.4) is 0 Å². The van der Waals surface area contributed by atoms with Gasteiger partial charge in [0.05, 0.1) is 185 Å². The average Bonchev–Trinajstić information content (AvgIpc) is 1.03. The molecule has 0 rings (SSSR count). The third-order valence-corrected chi connectivity index (χ3v) is 17.1. The second kappa shape index (κ2) is 153. The zero-order valence-electron chi connectivity index (χ0n) is 91.4. The van der Waals surface area contributed by atoms with Crippen LogP contribution in [0.4, 0.5) is 0 Å². The largest absolute Gasteiger partial charge is 0.379 e. The van der Waals surface area contributed by atoms with E-state index in [-0.39, 0.29) is 277 Å². The fourth-order valence-corrected chi connectivity index (χ4v) is 9.82. The number of Topliss-reactive ketones (excluding diaryl/α,β-unsaturated/α-hetero) is 5. The Bertz CT molecular complexity index is 2780. The predicted molar refractivity (Wildman–Crippen MR) is 533 cm³/mol. The Morgan fingerprint density at radius 1 is 0.155 bits per heavy atom. The zero-order valence-corrected chi connectivity index (χ0v) is 109. The summed E-state index contributed by atoms with van der Waals surface area (Å²) in [6.45, 7) is 41.8. The first kappa shape index (κ1) is 171. The van der Waals surface area contributed by atoms with Crippen molar-refractivity contribution in [2.24, 2.45) is 0 Å². The van der Waals surface area contributed by atoms with E-state index in [0.717, 1.165) is 77.8 Å². The molecule has 0 aliphatic heterocycles. The molecule has 876 valence electrons. The Hall–Kier alpha value is -2.23. The molecule has 7 N–H and O–H groups in total. The minimum absolute atomic E-state index is 0. The average molecular weight is 3160 g/mol. The molecule has 0 aromatic carbocycles. The molecule has 0 spiro atoms. The second-order valence-electron chi connectivity index (χ2n) is 30.3. The summed E-state index contributed by atoms with van der Waals surface area (Å²) in [7, 11) is 3.17. The van der Waals surface area contributed by atoms with Gasteiger partial charge in [0.15, 0.2) is 23.1 Å². The number of amides is 7. The van der Waals surface area contributed by atoms with Gasteiger partial charge in [-0.05, 0) is 97.8 Å². The molecule has 0 fully saturated rings. The van der Waals surface area contributed by atoms with Crippen LogP contribution in [0, 0.1) is 0 Å². The molecule has 7 amide bonds. The molecular weight excluding hydrogens is 2970 g/mol. The summed E-state index contributed by atoms with van der Waals surface area (Å²) in [5.41, 5.74) is 0. The van der Waals surface area contributed by atoms with Crippen LogP contribution in [-0.2, 0) is 302 Å². The Labute approximate surface area is 970 Å². The van der Waals surface area contributed by atoms with Crippen molar-refractivity contribution in [3.8, 4) is 0 Å². The van der Waals surface area contributed by atoms with Crippen LogP contribution >= 0.6 is 0 Å². The number of hydrogen-bond acceptors (Lipinski definition) is 37. The van der Waals surface area contributed by atoms with Crippen molar-refractivity contribution in [1.82, 2.24) is 37.2 Å². The number of unbranched alkanes of at least 4 members (excludes halogenated alkanes) is 2. The van der Waals surface area contributed by atoms with E-state index in [4.69, 9.17) is 118 Å². The van der Waals surface area contributed by atoms with Crippen molar-refractivity contribution in [2.45, 2.75) is 191 Å². The number of hydrogen-bond donors (Lipinski definition) is 7. The maximum absolute atomic E-state index is 11.8. The van der Waals surface area contributed by atoms with Crippen LogP contribution in [0.25, 0.3) is 0 Å². The molecule has 0 aliphatic rings. The first-order valence-corrected chi connectivity index (χ1v) is 51.0. The molecule has 44 nitrogen and oxygen atoms in total. The van der Waals surface area contributed by atoms with E-state index in [1.165, 1.54) is 6.42 Å². The Morgan fingerprint density at radius 2 is 0.324 bits per heavy atom. The molecule has 0 atom stereocenters. The summed E-state index contributed by atoms with van der Waals surface area (Å²) in [6.07, 6.45) is 14.4. The van der Waals surface area contributed by atoms with Crippen LogP contribution in [-0.4, -0.2) is 447 Å². The summed E-state index contributed by atoms with van der Waals surface area (Å²) in [6, 6.07) is 0. The van der Waals surface area contributed by atoms with Crippen LogP contribution in [0.5, 0.6) is 0 Å². The van der Waals surface area contributed by atoms with Crippen molar-refractivity contribution < 1.29 is 302 Å². The van der Waals surface area contributed by atoms with Crippen molar-refractivity contribution in [1.29, 1.82) is 0 Å². The standard InChI is InChI=1S/C29H54N2O12.C22H42N2O9.C16H31NO6.C15H30O4.2C8H17NO3.6W/c1-3-10-36-14-18-40-22-26(32)7-5-12-38-16-21-43-25-29(35)31-9-13-39-17-19-41-23-27(33)8-6-11-37-15-20-42-24-28(34)30-4-2;1-3-8-28-11-15-33-19-22(27)24-7-10-30-13-14-31-17-20(25)6-5-9-29-12-16-32-18-21(26)23-4-2;1-3-7-20-9-11-22-13-15(18)6-5-8-21-10-12-23-14-16(19)17-4-2;1-3-5-9-17-11-13-19-14-12-18-10-7-6-8-15(16)4-2;2*1-3-4-11-5-6-12-7-8(10)9-2;;;;;;/h3-25H2,1-2H3,(H,30,34)(H,31,35);3-19H2,1-2H3,(H,23,26)(H,24,27);3-14H2,1-2H3,(H,17,19);3-14H2,1-2H3;2*3-7H2,1-2H3,(H,9,10);;;;;;. The van der Waals surface area contributed by atoms with Crippen molar-refractivity contribution in [2.75, 3.05) is 377 Å². The fourth-order valence-electron chi connectivity index (χ4n) is 9.82. The Kier molecular flexibility index (Phi) is 177. The van der Waals surface area contributed by atoms with Gasteiger partial charge >= 0.3 is 0 Å². The first-order chi connectivity index (χ1) is 69.2. The van der Waals surface area contributed by atoms with Crippen LogP contribution in [0.2, 0.25) is 0 Å². The predicted octanol–water partition coefficient (Wildman–Crippen LogP) is 4.85. The van der Waals surface area contributed by atoms with Gasteiger partial charge in [0.1, 0.15) is 78.5 Å². The Morgan fingerprint density at radius 3 is 0.527 bits per heavy atom. The van der Waals surface area contributed by atoms with E-state index in [0.29, 0.717) is 321 Å². The zero-order chi connectivity index (χ0) is 106. The third kappa shape index (κ3) is 164. The third-order valence-electron chi connectivity index (χ3n) is 17.1. The maximum atomic E-state index is 11.8. The SMILES string of the molecule is CCCCOCCOCCOCCCCC(=O)CC.CCCOCCOCC(=O)CCCOCCOCC(=O)NCC.CCCOCCOCC(=O)CCCOCCOCC(=O)NCCOCCOCC(=O)CCCOCCOCC(=O)NCC.CCCOCCOCC(=O)NC.CCCOCCOCC(=O)NC.CCCOCCOCC(=O)NCCOCCOCC(=O)CCCOCCOCC(=O)NCC.[W].[W].[W].[W].[W].[W]. The van der Waals surface area contributed by atoms with Gasteiger partial charge in [0, 0.05) is 284 Å². The molecule has 0 saturated carbocycles. The fraction of sp³-hybridized carbons (Fsp3) is 0.878. The summed E-state index contributed by atoms with van der Waals surface area (Å²) < 4.78 is 131. The van der Waals surface area contributed by atoms with Crippen molar-refractivity contribution >= 4 is 70.3 Å². The topological polar surface area (TPSA) is 520 Å². The number of ketones is 5. The van der Waals surface area contributed by atoms with Crippen LogP contribution < -0.4 is 37.2 Å². The van der Waals surface area contributed by atoms with E-state index in [1.807, 2.05) is 62.3 Å². The summed E-state index contributed by atoms with van der Waals surface area (Å²) in [4.78, 5) is 136. The van der Waals surface area contributed by atoms with Gasteiger partial charge in [0.2, 0.25) is 41.4 Å². The molecular formula is C98H191N7O37W6. The summed E-state index contributed by atoms with van der Waals surface area (Å²) in [5.74, 6) is -0.687. The second-order valence-corrected chi connectivity index (χ2v) is 30.3. The maximum Gasteiger partial charge on any atom is 0.246 e. The molecule has 0 aromatic rings. The van der Waals surface area contributed by atoms with Crippen molar-refractivity contribution in [3.63, 3.8) is 0 Å². The van der Waals surface area contributed by atoms with Gasteiger partial charge < -0.3 is 156 Å². The van der Waals surface area contributed by atoms with Crippen LogP contribution in [0.1, 0.15) is 191 Å². The summed E-state index contributed by atoms with van der Waals surface area (Å²) >= 11 is 0. The van der Waals surface area contributed by atoms with E-state index in [2.05, 4.69) is 44.1 Å². The number of carbonyl (C=O) groups excluding carboxylic acids is 12. The normalized spacial score (nSPS) is 10.3.